The van der Waals surface area contributed by atoms with Gasteiger partial charge >= 0.3 is 5.97 Å². The molecular formula is C17H24O3. The van der Waals surface area contributed by atoms with E-state index in [0.717, 1.165) is 31.2 Å². The molecule has 0 heterocycles. The minimum absolute atomic E-state index is 0.290. The average molecular weight is 276 g/mol. The molecule has 0 N–H and O–H groups in total. The van der Waals surface area contributed by atoms with Crippen molar-refractivity contribution >= 4 is 11.7 Å². The lowest BCUT2D eigenvalue weighted by Gasteiger charge is -2.10. The molecule has 110 valence electrons. The number of carbonyl (C=O) groups excluding carboxylic acids is 1. The van der Waals surface area contributed by atoms with E-state index in [4.69, 9.17) is 9.47 Å². The van der Waals surface area contributed by atoms with E-state index in [1.54, 1.807) is 12.1 Å². The summed E-state index contributed by atoms with van der Waals surface area (Å²) in [7, 11) is 0. The van der Waals surface area contributed by atoms with Gasteiger partial charge in [-0.1, -0.05) is 45.4 Å². The largest absolute Gasteiger partial charge is 0.494 e. The van der Waals surface area contributed by atoms with Gasteiger partial charge in [-0.05, 0) is 25.0 Å². The molecule has 0 saturated heterocycles. The Morgan fingerprint density at radius 1 is 1.05 bits per heavy atom. The van der Waals surface area contributed by atoms with Gasteiger partial charge in [-0.2, -0.15) is 0 Å². The molecule has 1 aromatic carbocycles. The number of rotatable bonds is 9. The van der Waals surface area contributed by atoms with Crippen molar-refractivity contribution in [3.05, 3.63) is 42.0 Å². The minimum Gasteiger partial charge on any atom is -0.494 e. The fraction of sp³-hybridized carbons (Fsp3) is 0.471. The van der Waals surface area contributed by atoms with Gasteiger partial charge in [0.25, 0.3) is 0 Å². The molecule has 20 heavy (non-hydrogen) atoms. The minimum atomic E-state index is -0.290. The zero-order valence-electron chi connectivity index (χ0n) is 12.5. The molecule has 0 radical (unpaired) electrons. The highest BCUT2D eigenvalue weighted by Gasteiger charge is 2.09. The molecule has 0 aliphatic heterocycles. The number of benzene rings is 1. The van der Waals surface area contributed by atoms with Crippen LogP contribution in [0.3, 0.4) is 0 Å². The molecule has 0 amide bonds. The fourth-order valence-electron chi connectivity index (χ4n) is 1.64. The zero-order valence-corrected chi connectivity index (χ0v) is 12.5. The Morgan fingerprint density at radius 2 is 1.65 bits per heavy atom. The van der Waals surface area contributed by atoms with Gasteiger partial charge in [0.2, 0.25) is 0 Å². The zero-order chi connectivity index (χ0) is 14.8. The van der Waals surface area contributed by atoms with Crippen LogP contribution in [0.1, 0.15) is 55.5 Å². The van der Waals surface area contributed by atoms with Crippen molar-refractivity contribution in [1.29, 1.82) is 0 Å². The molecule has 3 heteroatoms. The van der Waals surface area contributed by atoms with Crippen LogP contribution in [0.5, 0.6) is 0 Å². The van der Waals surface area contributed by atoms with Crippen LogP contribution >= 0.6 is 0 Å². The lowest BCUT2D eigenvalue weighted by molar-refractivity contribution is 0.0499. The first-order valence-electron chi connectivity index (χ1n) is 7.28. The van der Waals surface area contributed by atoms with Crippen molar-refractivity contribution in [3.63, 3.8) is 0 Å². The average Bonchev–Trinajstić information content (AvgIpc) is 2.47. The second-order valence-electron chi connectivity index (χ2n) is 4.70. The number of carbonyl (C=O) groups is 1. The quantitative estimate of drug-likeness (QED) is 0.380. The van der Waals surface area contributed by atoms with Crippen LogP contribution < -0.4 is 0 Å². The Labute approximate surface area is 121 Å². The summed E-state index contributed by atoms with van der Waals surface area (Å²) in [6.07, 6.45) is 3.97. The molecule has 0 fully saturated rings. The number of hydrogen-bond acceptors (Lipinski definition) is 3. The fourth-order valence-corrected chi connectivity index (χ4v) is 1.64. The summed E-state index contributed by atoms with van der Waals surface area (Å²) < 4.78 is 10.7. The summed E-state index contributed by atoms with van der Waals surface area (Å²) in [4.78, 5) is 11.9. The number of hydrogen-bond donors (Lipinski definition) is 0. The molecule has 1 rings (SSSR count). The van der Waals surface area contributed by atoms with E-state index in [9.17, 15) is 4.79 Å². The third-order valence-corrected chi connectivity index (χ3v) is 2.93. The highest BCUT2D eigenvalue weighted by Crippen LogP contribution is 2.16. The predicted molar refractivity (Wildman–Crippen MR) is 81.5 cm³/mol. The second-order valence-corrected chi connectivity index (χ2v) is 4.70. The summed E-state index contributed by atoms with van der Waals surface area (Å²) >= 11 is 0. The molecule has 0 bridgehead atoms. The highest BCUT2D eigenvalue weighted by molar-refractivity contribution is 5.90. The number of esters is 1. The van der Waals surface area contributed by atoms with E-state index < -0.39 is 0 Å². The van der Waals surface area contributed by atoms with Crippen molar-refractivity contribution in [2.45, 2.75) is 39.5 Å². The van der Waals surface area contributed by atoms with Crippen molar-refractivity contribution in [2.75, 3.05) is 13.2 Å². The standard InChI is InChI=1S/C17H24O3/c1-4-6-11-19-14(3)15-9-8-10-16(13-15)17(18)20-12-7-5-2/h8-10,13H,3-7,11-12H2,1-2H3. The van der Waals surface area contributed by atoms with Crippen LogP contribution in [0.15, 0.2) is 30.8 Å². The summed E-state index contributed by atoms with van der Waals surface area (Å²) in [6.45, 7) is 9.19. The van der Waals surface area contributed by atoms with E-state index in [0.29, 0.717) is 24.5 Å². The van der Waals surface area contributed by atoms with Gasteiger partial charge in [-0.3, -0.25) is 0 Å². The monoisotopic (exact) mass is 276 g/mol. The van der Waals surface area contributed by atoms with Crippen molar-refractivity contribution < 1.29 is 14.3 Å². The van der Waals surface area contributed by atoms with Crippen molar-refractivity contribution in [1.82, 2.24) is 0 Å². The number of ether oxygens (including phenoxy) is 2. The van der Waals surface area contributed by atoms with Crippen LogP contribution in [0, 0.1) is 0 Å². The molecule has 0 spiro atoms. The molecule has 0 unspecified atom stereocenters. The summed E-state index contributed by atoms with van der Waals surface area (Å²) in [5, 5.41) is 0. The summed E-state index contributed by atoms with van der Waals surface area (Å²) in [6, 6.07) is 7.22. The molecule has 1 aromatic rings. The smallest absolute Gasteiger partial charge is 0.338 e. The lowest BCUT2D eigenvalue weighted by Crippen LogP contribution is -2.06. The van der Waals surface area contributed by atoms with Gasteiger partial charge < -0.3 is 9.47 Å². The summed E-state index contributed by atoms with van der Waals surface area (Å²) in [5.74, 6) is 0.309. The van der Waals surface area contributed by atoms with E-state index in [-0.39, 0.29) is 5.97 Å². The van der Waals surface area contributed by atoms with Crippen molar-refractivity contribution in [2.24, 2.45) is 0 Å². The van der Waals surface area contributed by atoms with E-state index >= 15 is 0 Å². The van der Waals surface area contributed by atoms with Gasteiger partial charge in [-0.15, -0.1) is 0 Å². The maximum atomic E-state index is 11.9. The molecule has 0 atom stereocenters. The lowest BCUT2D eigenvalue weighted by atomic mass is 10.1. The maximum Gasteiger partial charge on any atom is 0.338 e. The van der Waals surface area contributed by atoms with Gasteiger partial charge in [-0.25, -0.2) is 4.79 Å². The Morgan fingerprint density at radius 3 is 2.30 bits per heavy atom. The van der Waals surface area contributed by atoms with Crippen LogP contribution in [0.4, 0.5) is 0 Å². The second kappa shape index (κ2) is 9.18. The van der Waals surface area contributed by atoms with Crippen molar-refractivity contribution in [3.8, 4) is 0 Å². The van der Waals surface area contributed by atoms with E-state index in [2.05, 4.69) is 20.4 Å². The van der Waals surface area contributed by atoms with Crippen LogP contribution in [-0.4, -0.2) is 19.2 Å². The Kier molecular flexibility index (Phi) is 7.48. The van der Waals surface area contributed by atoms with Crippen LogP contribution in [0.2, 0.25) is 0 Å². The van der Waals surface area contributed by atoms with Gasteiger partial charge in [0, 0.05) is 5.56 Å². The first kappa shape index (κ1) is 16.3. The van der Waals surface area contributed by atoms with Crippen LogP contribution in [-0.2, 0) is 9.47 Å². The Balaban J connectivity index is 2.60. The topological polar surface area (TPSA) is 35.5 Å². The first-order valence-corrected chi connectivity index (χ1v) is 7.28. The third-order valence-electron chi connectivity index (χ3n) is 2.93. The molecule has 0 aromatic heterocycles. The number of unbranched alkanes of at least 4 members (excludes halogenated alkanes) is 2. The first-order chi connectivity index (χ1) is 9.69. The van der Waals surface area contributed by atoms with Gasteiger partial charge in [0.1, 0.15) is 5.76 Å². The predicted octanol–water partition coefficient (Wildman–Crippen LogP) is 4.43. The molecular weight excluding hydrogens is 252 g/mol. The normalized spacial score (nSPS) is 10.1. The molecule has 0 aliphatic rings. The SMILES string of the molecule is C=C(OCCCC)c1cccc(C(=O)OCCCC)c1. The Hall–Kier alpha value is -1.77. The van der Waals surface area contributed by atoms with E-state index in [1.165, 1.54) is 0 Å². The highest BCUT2D eigenvalue weighted by atomic mass is 16.5. The van der Waals surface area contributed by atoms with Crippen LogP contribution in [0.25, 0.3) is 5.76 Å². The Bertz CT molecular complexity index is 400. The van der Waals surface area contributed by atoms with Gasteiger partial charge in [0.05, 0.1) is 18.8 Å². The maximum absolute atomic E-state index is 11.9. The summed E-state index contributed by atoms with van der Waals surface area (Å²) in [5.41, 5.74) is 1.37. The molecule has 3 nitrogen and oxygen atoms in total. The van der Waals surface area contributed by atoms with Gasteiger partial charge in [0.15, 0.2) is 0 Å². The molecule has 0 saturated carbocycles. The van der Waals surface area contributed by atoms with E-state index in [1.807, 2.05) is 12.1 Å². The third kappa shape index (κ3) is 5.47. The molecule has 0 aliphatic carbocycles.